The molecule has 0 fully saturated rings. The molecule has 166 valence electrons. The van der Waals surface area contributed by atoms with Crippen LogP contribution in [0.15, 0.2) is 34.8 Å². The van der Waals surface area contributed by atoms with Crippen LogP contribution in [0.4, 0.5) is 0 Å². The van der Waals surface area contributed by atoms with Crippen molar-refractivity contribution in [2.75, 3.05) is 34.0 Å². The van der Waals surface area contributed by atoms with Gasteiger partial charge in [-0.05, 0) is 71.2 Å². The Bertz CT molecular complexity index is 835. The lowest BCUT2D eigenvalue weighted by molar-refractivity contribution is -0.119. The van der Waals surface area contributed by atoms with Crippen LogP contribution in [-0.4, -0.2) is 39.9 Å². The second kappa shape index (κ2) is 13.2. The lowest BCUT2D eigenvalue weighted by atomic mass is 10.1. The molecule has 0 bridgehead atoms. The van der Waals surface area contributed by atoms with Gasteiger partial charge in [0.1, 0.15) is 0 Å². The number of methoxy groups -OCH3 is 2. The molecule has 0 atom stereocenters. The van der Waals surface area contributed by atoms with Crippen molar-refractivity contribution in [3.8, 4) is 23.0 Å². The van der Waals surface area contributed by atoms with Gasteiger partial charge in [0, 0.05) is 6.54 Å². The summed E-state index contributed by atoms with van der Waals surface area (Å²) in [5, 5.41) is 3.42. The minimum Gasteiger partial charge on any atom is -0.493 e. The van der Waals surface area contributed by atoms with E-state index in [1.165, 1.54) is 0 Å². The topological polar surface area (TPSA) is 92.0 Å². The number of rotatable bonds is 12. The standard InChI is InChI=1S/C21H27BrN2O5.ClH/c1-4-28-19-11-15(9-16(22)21(19)29-13-20(23)25)12-24-8-7-14-5-6-17(26-2)18(10-14)27-3;/h5-6,9-11,24H,4,7-8,12-13H2,1-3H3,(H2,23,25);1H. The van der Waals surface area contributed by atoms with E-state index < -0.39 is 5.91 Å². The van der Waals surface area contributed by atoms with Gasteiger partial charge >= 0.3 is 0 Å². The lowest BCUT2D eigenvalue weighted by Crippen LogP contribution is -2.20. The van der Waals surface area contributed by atoms with Crippen molar-refractivity contribution in [1.29, 1.82) is 0 Å². The predicted molar refractivity (Wildman–Crippen MR) is 122 cm³/mol. The molecule has 1 amide bonds. The van der Waals surface area contributed by atoms with Crippen LogP contribution in [0.25, 0.3) is 0 Å². The van der Waals surface area contributed by atoms with E-state index in [1.807, 2.05) is 37.3 Å². The van der Waals surface area contributed by atoms with Crippen LogP contribution in [0.2, 0.25) is 0 Å². The Morgan fingerprint density at radius 3 is 2.37 bits per heavy atom. The Kier molecular flexibility index (Phi) is 11.4. The summed E-state index contributed by atoms with van der Waals surface area (Å²) in [7, 11) is 3.25. The summed E-state index contributed by atoms with van der Waals surface area (Å²) in [5.74, 6) is 1.94. The normalized spacial score (nSPS) is 10.1. The highest BCUT2D eigenvalue weighted by molar-refractivity contribution is 9.10. The van der Waals surface area contributed by atoms with Gasteiger partial charge in [-0.25, -0.2) is 0 Å². The average molecular weight is 504 g/mol. The van der Waals surface area contributed by atoms with Crippen LogP contribution in [-0.2, 0) is 17.8 Å². The number of nitrogens with two attached hydrogens (primary N) is 1. The Labute approximate surface area is 191 Å². The van der Waals surface area contributed by atoms with Crippen LogP contribution in [0.3, 0.4) is 0 Å². The molecule has 3 N–H and O–H groups in total. The second-order valence-electron chi connectivity index (χ2n) is 6.21. The highest BCUT2D eigenvalue weighted by Gasteiger charge is 2.13. The van der Waals surface area contributed by atoms with E-state index in [2.05, 4.69) is 21.2 Å². The van der Waals surface area contributed by atoms with Gasteiger partial charge in [-0.15, -0.1) is 12.4 Å². The first-order valence-corrected chi connectivity index (χ1v) is 10.1. The second-order valence-corrected chi connectivity index (χ2v) is 7.06. The number of carbonyl (C=O) groups is 1. The molecular formula is C21H28BrClN2O5. The molecule has 0 radical (unpaired) electrons. The van der Waals surface area contributed by atoms with Gasteiger partial charge in [0.15, 0.2) is 29.6 Å². The van der Waals surface area contributed by atoms with Crippen molar-refractivity contribution in [1.82, 2.24) is 5.32 Å². The third-order valence-electron chi connectivity index (χ3n) is 4.10. The zero-order valence-corrected chi connectivity index (χ0v) is 19.7. The summed E-state index contributed by atoms with van der Waals surface area (Å²) in [6.07, 6.45) is 0.847. The van der Waals surface area contributed by atoms with Gasteiger partial charge in [0.05, 0.1) is 25.3 Å². The summed E-state index contributed by atoms with van der Waals surface area (Å²) >= 11 is 3.48. The molecule has 0 heterocycles. The summed E-state index contributed by atoms with van der Waals surface area (Å²) < 4.78 is 22.4. The van der Waals surface area contributed by atoms with Crippen LogP contribution in [0, 0.1) is 0 Å². The van der Waals surface area contributed by atoms with Gasteiger partial charge in [-0.2, -0.15) is 0 Å². The molecule has 0 saturated carbocycles. The Morgan fingerprint density at radius 1 is 1.03 bits per heavy atom. The minimum atomic E-state index is -0.541. The first kappa shape index (κ1) is 25.9. The zero-order chi connectivity index (χ0) is 21.2. The molecule has 7 nitrogen and oxygen atoms in total. The number of hydrogen-bond acceptors (Lipinski definition) is 6. The minimum absolute atomic E-state index is 0. The maximum absolute atomic E-state index is 11.0. The molecule has 2 aromatic carbocycles. The summed E-state index contributed by atoms with van der Waals surface area (Å²) in [6.45, 7) is 3.61. The van der Waals surface area contributed by atoms with Gasteiger partial charge in [-0.3, -0.25) is 4.79 Å². The Balaban J connectivity index is 0.00000450. The monoisotopic (exact) mass is 502 g/mol. The highest BCUT2D eigenvalue weighted by Crippen LogP contribution is 2.37. The summed E-state index contributed by atoms with van der Waals surface area (Å²) in [5.41, 5.74) is 7.34. The number of nitrogens with one attached hydrogen (secondary N) is 1. The molecule has 2 aromatic rings. The number of amides is 1. The highest BCUT2D eigenvalue weighted by atomic mass is 79.9. The number of halogens is 2. The Morgan fingerprint density at radius 2 is 1.73 bits per heavy atom. The molecule has 2 rings (SSSR count). The van der Waals surface area contributed by atoms with Crippen molar-refractivity contribution in [3.05, 3.63) is 45.9 Å². The molecule has 0 spiro atoms. The van der Waals surface area contributed by atoms with Crippen LogP contribution >= 0.6 is 28.3 Å². The first-order chi connectivity index (χ1) is 14.0. The molecule has 0 saturated heterocycles. The maximum Gasteiger partial charge on any atom is 0.255 e. The van der Waals surface area contributed by atoms with Crippen LogP contribution in [0.5, 0.6) is 23.0 Å². The molecule has 0 unspecified atom stereocenters. The van der Waals surface area contributed by atoms with Gasteiger partial charge < -0.3 is 30.0 Å². The van der Waals surface area contributed by atoms with Crippen LogP contribution < -0.4 is 30.0 Å². The van der Waals surface area contributed by atoms with E-state index in [9.17, 15) is 4.79 Å². The number of carbonyl (C=O) groups excluding carboxylic acids is 1. The predicted octanol–water partition coefficient (Wildman–Crippen LogP) is 3.48. The van der Waals surface area contributed by atoms with Gasteiger partial charge in [0.25, 0.3) is 5.91 Å². The molecule has 0 aromatic heterocycles. The van der Waals surface area contributed by atoms with Crippen molar-refractivity contribution in [2.24, 2.45) is 5.73 Å². The lowest BCUT2D eigenvalue weighted by Gasteiger charge is -2.15. The van der Waals surface area contributed by atoms with E-state index in [0.717, 1.165) is 35.6 Å². The molecule has 30 heavy (non-hydrogen) atoms. The molecule has 0 aliphatic rings. The fourth-order valence-electron chi connectivity index (χ4n) is 2.77. The third kappa shape index (κ3) is 7.59. The molecule has 9 heteroatoms. The number of benzene rings is 2. The largest absolute Gasteiger partial charge is 0.493 e. The quantitative estimate of drug-likeness (QED) is 0.431. The smallest absolute Gasteiger partial charge is 0.255 e. The van der Waals surface area contributed by atoms with E-state index >= 15 is 0 Å². The van der Waals surface area contributed by atoms with Crippen molar-refractivity contribution in [2.45, 2.75) is 19.9 Å². The zero-order valence-electron chi connectivity index (χ0n) is 17.3. The fourth-order valence-corrected chi connectivity index (χ4v) is 3.38. The van der Waals surface area contributed by atoms with E-state index in [-0.39, 0.29) is 19.0 Å². The Hall–Kier alpha value is -2.16. The van der Waals surface area contributed by atoms with E-state index in [4.69, 9.17) is 24.7 Å². The van der Waals surface area contributed by atoms with E-state index in [1.54, 1.807) is 14.2 Å². The molecular weight excluding hydrogens is 476 g/mol. The fraction of sp³-hybridized carbons (Fsp3) is 0.381. The maximum atomic E-state index is 11.0. The van der Waals surface area contributed by atoms with Gasteiger partial charge in [-0.1, -0.05) is 6.07 Å². The van der Waals surface area contributed by atoms with Gasteiger partial charge in [0.2, 0.25) is 0 Å². The van der Waals surface area contributed by atoms with E-state index in [0.29, 0.717) is 29.1 Å². The van der Waals surface area contributed by atoms with Crippen molar-refractivity contribution < 1.29 is 23.7 Å². The van der Waals surface area contributed by atoms with Crippen molar-refractivity contribution in [3.63, 3.8) is 0 Å². The third-order valence-corrected chi connectivity index (χ3v) is 4.68. The average Bonchev–Trinajstić information content (AvgIpc) is 2.70. The number of hydrogen-bond donors (Lipinski definition) is 2. The number of ether oxygens (including phenoxy) is 4. The SMILES string of the molecule is CCOc1cc(CNCCc2ccc(OC)c(OC)c2)cc(Br)c1OCC(N)=O.Cl. The number of primary amides is 1. The van der Waals surface area contributed by atoms with Crippen molar-refractivity contribution >= 4 is 34.2 Å². The first-order valence-electron chi connectivity index (χ1n) is 9.26. The molecule has 0 aliphatic carbocycles. The summed E-state index contributed by atoms with van der Waals surface area (Å²) in [4.78, 5) is 11.0. The molecule has 0 aliphatic heterocycles. The summed E-state index contributed by atoms with van der Waals surface area (Å²) in [6, 6.07) is 9.74. The van der Waals surface area contributed by atoms with Crippen LogP contribution in [0.1, 0.15) is 18.1 Å².